The van der Waals surface area contributed by atoms with E-state index in [4.69, 9.17) is 4.74 Å². The summed E-state index contributed by atoms with van der Waals surface area (Å²) in [6, 6.07) is 14.8. The molecule has 1 saturated heterocycles. The number of ether oxygens (including phenoxy) is 1. The largest absolute Gasteiger partial charge is 0.508 e. The van der Waals surface area contributed by atoms with E-state index in [0.717, 1.165) is 23.5 Å². The molecule has 0 saturated carbocycles. The SMILES string of the molecule is COc1ccc(N2C(=O)CN(Cc3cccc(O)c3)CC2(C)C)cc1. The number of aromatic hydroxyl groups is 1. The summed E-state index contributed by atoms with van der Waals surface area (Å²) in [5.74, 6) is 1.10. The highest BCUT2D eigenvalue weighted by Gasteiger charge is 2.39. The van der Waals surface area contributed by atoms with Crippen LogP contribution in [0.1, 0.15) is 19.4 Å². The van der Waals surface area contributed by atoms with Crippen LogP contribution in [0.2, 0.25) is 0 Å². The minimum Gasteiger partial charge on any atom is -0.508 e. The molecule has 1 aliphatic heterocycles. The zero-order chi connectivity index (χ0) is 18.0. The van der Waals surface area contributed by atoms with E-state index in [1.54, 1.807) is 19.2 Å². The lowest BCUT2D eigenvalue weighted by Gasteiger charge is -2.46. The summed E-state index contributed by atoms with van der Waals surface area (Å²) in [5.41, 5.74) is 1.55. The molecule has 0 unspecified atom stereocenters. The summed E-state index contributed by atoms with van der Waals surface area (Å²) in [6.07, 6.45) is 0. The van der Waals surface area contributed by atoms with E-state index in [9.17, 15) is 9.90 Å². The Bertz CT molecular complexity index is 756. The first kappa shape index (κ1) is 17.3. The highest BCUT2D eigenvalue weighted by molar-refractivity contribution is 5.97. The number of methoxy groups -OCH3 is 1. The van der Waals surface area contributed by atoms with Gasteiger partial charge >= 0.3 is 0 Å². The van der Waals surface area contributed by atoms with Gasteiger partial charge in [0.05, 0.1) is 19.2 Å². The quantitative estimate of drug-likeness (QED) is 0.929. The Balaban J connectivity index is 1.78. The van der Waals surface area contributed by atoms with Gasteiger partial charge in [-0.1, -0.05) is 12.1 Å². The van der Waals surface area contributed by atoms with Crippen LogP contribution < -0.4 is 9.64 Å². The van der Waals surface area contributed by atoms with Gasteiger partial charge in [0, 0.05) is 18.8 Å². The van der Waals surface area contributed by atoms with Crippen LogP contribution in [0.3, 0.4) is 0 Å². The summed E-state index contributed by atoms with van der Waals surface area (Å²) in [6.45, 7) is 5.89. The van der Waals surface area contributed by atoms with Crippen molar-refractivity contribution in [2.45, 2.75) is 25.9 Å². The van der Waals surface area contributed by atoms with Gasteiger partial charge in [-0.15, -0.1) is 0 Å². The van der Waals surface area contributed by atoms with E-state index in [1.807, 2.05) is 41.3 Å². The number of hydrogen-bond acceptors (Lipinski definition) is 4. The molecule has 5 heteroatoms. The zero-order valence-electron chi connectivity index (χ0n) is 14.9. The number of hydrogen-bond donors (Lipinski definition) is 1. The Morgan fingerprint density at radius 3 is 2.48 bits per heavy atom. The van der Waals surface area contributed by atoms with Crippen molar-refractivity contribution in [1.29, 1.82) is 0 Å². The fourth-order valence-electron chi connectivity index (χ4n) is 3.52. The number of nitrogens with zero attached hydrogens (tertiary/aromatic N) is 2. The lowest BCUT2D eigenvalue weighted by atomic mass is 9.96. The average Bonchev–Trinajstić information content (AvgIpc) is 2.54. The number of phenolic OH excluding ortho intramolecular Hbond substituents is 1. The maximum Gasteiger partial charge on any atom is 0.241 e. The van der Waals surface area contributed by atoms with E-state index in [0.29, 0.717) is 13.1 Å². The van der Waals surface area contributed by atoms with Crippen molar-refractivity contribution < 1.29 is 14.6 Å². The number of benzene rings is 2. The second-order valence-corrected chi connectivity index (χ2v) is 7.05. The van der Waals surface area contributed by atoms with Crippen LogP contribution in [0.5, 0.6) is 11.5 Å². The van der Waals surface area contributed by atoms with Crippen molar-refractivity contribution in [3.05, 3.63) is 54.1 Å². The molecule has 1 amide bonds. The zero-order valence-corrected chi connectivity index (χ0v) is 14.9. The van der Waals surface area contributed by atoms with Gasteiger partial charge in [0.15, 0.2) is 0 Å². The third kappa shape index (κ3) is 3.77. The molecule has 2 aromatic carbocycles. The van der Waals surface area contributed by atoms with E-state index in [2.05, 4.69) is 18.7 Å². The molecule has 1 heterocycles. The number of carbonyl (C=O) groups excluding carboxylic acids is 1. The number of piperazine rings is 1. The van der Waals surface area contributed by atoms with Crippen molar-refractivity contribution in [3.63, 3.8) is 0 Å². The monoisotopic (exact) mass is 340 g/mol. The summed E-state index contributed by atoms with van der Waals surface area (Å²) < 4.78 is 5.20. The lowest BCUT2D eigenvalue weighted by Crippen LogP contribution is -2.62. The molecule has 25 heavy (non-hydrogen) atoms. The predicted octanol–water partition coefficient (Wildman–Crippen LogP) is 3.03. The van der Waals surface area contributed by atoms with Crippen molar-refractivity contribution in [2.75, 3.05) is 25.1 Å². The highest BCUT2D eigenvalue weighted by Crippen LogP contribution is 2.30. The summed E-state index contributed by atoms with van der Waals surface area (Å²) in [4.78, 5) is 16.8. The van der Waals surface area contributed by atoms with Gasteiger partial charge < -0.3 is 14.7 Å². The smallest absolute Gasteiger partial charge is 0.241 e. The molecule has 2 aromatic rings. The van der Waals surface area contributed by atoms with E-state index < -0.39 is 0 Å². The van der Waals surface area contributed by atoms with Crippen LogP contribution in [0.4, 0.5) is 5.69 Å². The first-order valence-electron chi connectivity index (χ1n) is 8.36. The Labute approximate surface area is 148 Å². The Morgan fingerprint density at radius 1 is 1.16 bits per heavy atom. The van der Waals surface area contributed by atoms with Crippen LogP contribution in [0.15, 0.2) is 48.5 Å². The molecular formula is C20H24N2O3. The summed E-state index contributed by atoms with van der Waals surface area (Å²) in [5, 5.41) is 9.63. The molecule has 3 rings (SSSR count). The van der Waals surface area contributed by atoms with Crippen molar-refractivity contribution in [1.82, 2.24) is 4.90 Å². The van der Waals surface area contributed by atoms with E-state index in [-0.39, 0.29) is 17.2 Å². The Kier molecular flexibility index (Phi) is 4.68. The van der Waals surface area contributed by atoms with Crippen molar-refractivity contribution in [2.24, 2.45) is 0 Å². The van der Waals surface area contributed by atoms with Gasteiger partial charge in [-0.05, 0) is 55.8 Å². The molecular weight excluding hydrogens is 316 g/mol. The molecule has 0 bridgehead atoms. The summed E-state index contributed by atoms with van der Waals surface area (Å²) >= 11 is 0. The van der Waals surface area contributed by atoms with E-state index in [1.165, 1.54) is 0 Å². The fourth-order valence-corrected chi connectivity index (χ4v) is 3.52. The second kappa shape index (κ2) is 6.76. The molecule has 1 N–H and O–H groups in total. The number of anilines is 1. The molecule has 132 valence electrons. The topological polar surface area (TPSA) is 53.0 Å². The van der Waals surface area contributed by atoms with Gasteiger partial charge in [-0.2, -0.15) is 0 Å². The fraction of sp³-hybridized carbons (Fsp3) is 0.350. The standard InChI is InChI=1S/C20H24N2O3/c1-20(2)14-21(12-15-5-4-6-17(23)11-15)13-19(24)22(20)16-7-9-18(25-3)10-8-16/h4-11,23H,12-14H2,1-3H3. The number of phenols is 1. The van der Waals surface area contributed by atoms with Gasteiger partial charge in [0.1, 0.15) is 11.5 Å². The van der Waals surface area contributed by atoms with Crippen LogP contribution in [0.25, 0.3) is 0 Å². The van der Waals surface area contributed by atoms with Gasteiger partial charge in [-0.3, -0.25) is 9.69 Å². The average molecular weight is 340 g/mol. The molecule has 5 nitrogen and oxygen atoms in total. The van der Waals surface area contributed by atoms with Crippen LogP contribution in [0, 0.1) is 0 Å². The lowest BCUT2D eigenvalue weighted by molar-refractivity contribution is -0.123. The third-order valence-corrected chi connectivity index (χ3v) is 4.47. The van der Waals surface area contributed by atoms with Crippen LogP contribution in [-0.2, 0) is 11.3 Å². The van der Waals surface area contributed by atoms with Crippen LogP contribution >= 0.6 is 0 Å². The van der Waals surface area contributed by atoms with Gasteiger partial charge in [0.2, 0.25) is 5.91 Å². The Morgan fingerprint density at radius 2 is 1.88 bits per heavy atom. The molecule has 0 aromatic heterocycles. The van der Waals surface area contributed by atoms with Crippen molar-refractivity contribution in [3.8, 4) is 11.5 Å². The second-order valence-electron chi connectivity index (χ2n) is 7.05. The maximum absolute atomic E-state index is 12.8. The first-order valence-corrected chi connectivity index (χ1v) is 8.36. The molecule has 1 fully saturated rings. The number of carbonyl (C=O) groups is 1. The third-order valence-electron chi connectivity index (χ3n) is 4.47. The maximum atomic E-state index is 12.8. The summed E-state index contributed by atoms with van der Waals surface area (Å²) in [7, 11) is 1.63. The Hall–Kier alpha value is -2.53. The minimum absolute atomic E-state index is 0.0709. The predicted molar refractivity (Wildman–Crippen MR) is 97.9 cm³/mol. The minimum atomic E-state index is -0.333. The molecule has 0 atom stereocenters. The number of amides is 1. The first-order chi connectivity index (χ1) is 11.9. The molecule has 0 aliphatic carbocycles. The molecule has 0 spiro atoms. The normalized spacial score (nSPS) is 17.6. The van der Waals surface area contributed by atoms with E-state index >= 15 is 0 Å². The molecule has 0 radical (unpaired) electrons. The molecule has 1 aliphatic rings. The highest BCUT2D eigenvalue weighted by atomic mass is 16.5. The van der Waals surface area contributed by atoms with Gasteiger partial charge in [-0.25, -0.2) is 0 Å². The van der Waals surface area contributed by atoms with Crippen molar-refractivity contribution >= 4 is 11.6 Å². The number of rotatable bonds is 4. The van der Waals surface area contributed by atoms with Crippen LogP contribution in [-0.4, -0.2) is 41.7 Å². The van der Waals surface area contributed by atoms with Gasteiger partial charge in [0.25, 0.3) is 0 Å².